The van der Waals surface area contributed by atoms with E-state index in [2.05, 4.69) is 15.3 Å². The summed E-state index contributed by atoms with van der Waals surface area (Å²) in [5.74, 6) is 0.887. The van der Waals surface area contributed by atoms with E-state index in [-0.39, 0.29) is 36.0 Å². The van der Waals surface area contributed by atoms with Crippen LogP contribution in [-0.4, -0.2) is 61.0 Å². The number of nitrogens with one attached hydrogen (secondary N) is 1. The molecule has 1 unspecified atom stereocenters. The molecular weight excluding hydrogens is 478 g/mol. The molecule has 1 aromatic carbocycles. The summed E-state index contributed by atoms with van der Waals surface area (Å²) >= 11 is 0. The largest absolute Gasteiger partial charge is 0.374 e. The van der Waals surface area contributed by atoms with E-state index in [0.717, 1.165) is 5.56 Å². The van der Waals surface area contributed by atoms with Crippen molar-refractivity contribution in [3.63, 3.8) is 0 Å². The lowest BCUT2D eigenvalue weighted by molar-refractivity contribution is -0.00419. The van der Waals surface area contributed by atoms with E-state index >= 15 is 0 Å². The van der Waals surface area contributed by atoms with Crippen LogP contribution in [0.3, 0.4) is 0 Å². The molecule has 1 fully saturated rings. The van der Waals surface area contributed by atoms with Crippen molar-refractivity contribution < 1.29 is 27.0 Å². The second kappa shape index (κ2) is 9.44. The fourth-order valence-electron chi connectivity index (χ4n) is 4.98. The molecule has 190 valence electrons. The summed E-state index contributed by atoms with van der Waals surface area (Å²) in [7, 11) is 0.0513. The molecule has 2 aliphatic heterocycles. The number of rotatable bonds is 6. The van der Waals surface area contributed by atoms with Gasteiger partial charge in [0.1, 0.15) is 18.0 Å². The smallest absolute Gasteiger partial charge is 0.264 e. The molecule has 0 radical (unpaired) electrons. The first-order valence-electron chi connectivity index (χ1n) is 11.4. The lowest BCUT2D eigenvalue weighted by atomic mass is 9.83. The SMILES string of the molecule is COC1(C2=Cc3c(N[C@H](C)c4cccc(C(F)F)c4C)ncnc3N(C)C2O)CCS(=O)(=O)CC1. The molecule has 0 aliphatic carbocycles. The van der Waals surface area contributed by atoms with E-state index in [0.29, 0.717) is 28.3 Å². The molecular formula is C24H30F2N4O4S. The van der Waals surface area contributed by atoms with Gasteiger partial charge in [-0.05, 0) is 43.9 Å². The number of alkyl halides is 2. The van der Waals surface area contributed by atoms with Crippen LogP contribution in [0.5, 0.6) is 0 Å². The summed E-state index contributed by atoms with van der Waals surface area (Å²) in [5, 5.41) is 14.4. The number of aliphatic hydroxyl groups excluding tert-OH is 1. The minimum absolute atomic E-state index is 0.0137. The van der Waals surface area contributed by atoms with Crippen molar-refractivity contribution in [3.8, 4) is 0 Å². The van der Waals surface area contributed by atoms with Crippen LogP contribution in [0.1, 0.15) is 54.5 Å². The van der Waals surface area contributed by atoms with Gasteiger partial charge in [0.2, 0.25) is 0 Å². The molecule has 1 aromatic heterocycles. The zero-order valence-electron chi connectivity index (χ0n) is 20.1. The maximum Gasteiger partial charge on any atom is 0.264 e. The maximum atomic E-state index is 13.4. The van der Waals surface area contributed by atoms with Crippen molar-refractivity contribution in [1.29, 1.82) is 0 Å². The standard InChI is InChI=1S/C24H30F2N4O4S/c1-14-16(6-5-7-17(14)20(25)26)15(2)29-21-18-12-19(23(31)30(3)22(18)28-13-27-21)24(34-4)8-10-35(32,33)11-9-24/h5-7,12-13,15,20,23,31H,8-11H2,1-4H3,(H,27,28,29)/t15-,23?/m1/s1. The molecule has 2 N–H and O–H groups in total. The summed E-state index contributed by atoms with van der Waals surface area (Å²) in [6.45, 7) is 3.53. The summed E-state index contributed by atoms with van der Waals surface area (Å²) in [4.78, 5) is 10.3. The lowest BCUT2D eigenvalue weighted by Crippen LogP contribution is -2.50. The number of aliphatic hydroxyl groups is 1. The van der Waals surface area contributed by atoms with Crippen molar-refractivity contribution in [1.82, 2.24) is 9.97 Å². The van der Waals surface area contributed by atoms with Gasteiger partial charge in [-0.15, -0.1) is 0 Å². The highest BCUT2D eigenvalue weighted by Gasteiger charge is 2.45. The number of likely N-dealkylation sites (N-methyl/N-ethyl adjacent to an activating group) is 1. The minimum Gasteiger partial charge on any atom is -0.374 e. The van der Waals surface area contributed by atoms with Gasteiger partial charge in [0.05, 0.1) is 28.7 Å². The maximum absolute atomic E-state index is 13.4. The van der Waals surface area contributed by atoms with Crippen LogP contribution in [-0.2, 0) is 14.6 Å². The molecule has 8 nitrogen and oxygen atoms in total. The number of fused-ring (bicyclic) bond motifs is 1. The third kappa shape index (κ3) is 4.64. The van der Waals surface area contributed by atoms with Crippen LogP contribution in [0.25, 0.3) is 6.08 Å². The lowest BCUT2D eigenvalue weighted by Gasteiger charge is -2.44. The molecule has 3 heterocycles. The summed E-state index contributed by atoms with van der Waals surface area (Å²) in [6.07, 6.45) is -0.0433. The van der Waals surface area contributed by atoms with Crippen molar-refractivity contribution in [2.75, 3.05) is 35.9 Å². The topological polar surface area (TPSA) is 105 Å². The number of hydrogen-bond donors (Lipinski definition) is 2. The third-order valence-electron chi connectivity index (χ3n) is 7.16. The first kappa shape index (κ1) is 25.5. The first-order valence-corrected chi connectivity index (χ1v) is 13.2. The third-order valence-corrected chi connectivity index (χ3v) is 8.82. The number of sulfone groups is 1. The van der Waals surface area contributed by atoms with Crippen LogP contribution in [0.4, 0.5) is 20.4 Å². The number of ether oxygens (including phenoxy) is 1. The summed E-state index contributed by atoms with van der Waals surface area (Å²) in [5.41, 5.74) is 1.41. The summed E-state index contributed by atoms with van der Waals surface area (Å²) < 4.78 is 56.8. The van der Waals surface area contributed by atoms with Crippen molar-refractivity contribution in [2.45, 2.75) is 51.0 Å². The highest BCUT2D eigenvalue weighted by molar-refractivity contribution is 7.91. The molecule has 2 atom stereocenters. The van der Waals surface area contributed by atoms with E-state index < -0.39 is 28.1 Å². The second-order valence-corrected chi connectivity index (χ2v) is 11.4. The van der Waals surface area contributed by atoms with Gasteiger partial charge in [-0.3, -0.25) is 0 Å². The Labute approximate surface area is 204 Å². The van der Waals surface area contributed by atoms with E-state index in [1.54, 1.807) is 37.1 Å². The zero-order valence-corrected chi connectivity index (χ0v) is 20.9. The number of aromatic nitrogens is 2. The van der Waals surface area contributed by atoms with Crippen molar-refractivity contribution in [3.05, 3.63) is 52.4 Å². The Morgan fingerprint density at radius 3 is 2.51 bits per heavy atom. The van der Waals surface area contributed by atoms with Gasteiger partial charge >= 0.3 is 0 Å². The highest BCUT2D eigenvalue weighted by Crippen LogP contribution is 2.43. The first-order chi connectivity index (χ1) is 16.5. The van der Waals surface area contributed by atoms with Crippen LogP contribution in [0, 0.1) is 6.92 Å². The van der Waals surface area contributed by atoms with Gasteiger partial charge in [0.15, 0.2) is 16.1 Å². The fourth-order valence-corrected chi connectivity index (χ4v) is 6.46. The molecule has 0 bridgehead atoms. The Morgan fingerprint density at radius 2 is 1.89 bits per heavy atom. The zero-order chi connectivity index (χ0) is 25.5. The van der Waals surface area contributed by atoms with Gasteiger partial charge in [-0.25, -0.2) is 27.2 Å². The number of hydrogen-bond acceptors (Lipinski definition) is 8. The predicted octanol–water partition coefficient (Wildman–Crippen LogP) is 3.64. The fraction of sp³-hybridized carbons (Fsp3) is 0.500. The monoisotopic (exact) mass is 508 g/mol. The van der Waals surface area contributed by atoms with Crippen molar-refractivity contribution in [2.24, 2.45) is 0 Å². The number of halogens is 2. The highest BCUT2D eigenvalue weighted by atomic mass is 32.2. The molecule has 2 aliphatic rings. The van der Waals surface area contributed by atoms with Gasteiger partial charge < -0.3 is 20.1 Å². The molecule has 0 amide bonds. The molecule has 0 saturated carbocycles. The minimum atomic E-state index is -3.16. The molecule has 11 heteroatoms. The molecule has 35 heavy (non-hydrogen) atoms. The van der Waals surface area contributed by atoms with Gasteiger partial charge in [0, 0.05) is 25.3 Å². The van der Waals surface area contributed by atoms with Gasteiger partial charge in [0.25, 0.3) is 6.43 Å². The van der Waals surface area contributed by atoms with Crippen molar-refractivity contribution >= 4 is 27.5 Å². The second-order valence-electron chi connectivity index (χ2n) is 9.12. The number of anilines is 2. The van der Waals surface area contributed by atoms with Gasteiger partial charge in [-0.1, -0.05) is 18.2 Å². The van der Waals surface area contributed by atoms with Gasteiger partial charge in [-0.2, -0.15) is 0 Å². The van der Waals surface area contributed by atoms with Crippen LogP contribution < -0.4 is 10.2 Å². The average Bonchev–Trinajstić information content (AvgIpc) is 2.82. The number of benzene rings is 1. The quantitative estimate of drug-likeness (QED) is 0.610. The summed E-state index contributed by atoms with van der Waals surface area (Å²) in [6, 6.07) is 4.48. The molecule has 1 saturated heterocycles. The predicted molar refractivity (Wildman–Crippen MR) is 130 cm³/mol. The van der Waals surface area contributed by atoms with Crippen LogP contribution in [0.15, 0.2) is 30.1 Å². The van der Waals surface area contributed by atoms with E-state index in [1.807, 2.05) is 6.92 Å². The molecule has 2 aromatic rings. The molecule has 4 rings (SSSR count). The van der Waals surface area contributed by atoms with E-state index in [1.165, 1.54) is 19.5 Å². The number of methoxy groups -OCH3 is 1. The normalized spacial score (nSPS) is 21.9. The number of nitrogens with zero attached hydrogens (tertiary/aromatic N) is 3. The van der Waals surface area contributed by atoms with Crippen LogP contribution in [0.2, 0.25) is 0 Å². The van der Waals surface area contributed by atoms with Crippen LogP contribution >= 0.6 is 0 Å². The Hall–Kier alpha value is -2.63. The Bertz CT molecular complexity index is 1240. The Kier molecular flexibility index (Phi) is 6.87. The molecule has 0 spiro atoms. The Balaban J connectivity index is 1.74. The Morgan fingerprint density at radius 1 is 1.23 bits per heavy atom. The average molecular weight is 509 g/mol. The van der Waals surface area contributed by atoms with E-state index in [9.17, 15) is 22.3 Å². The van der Waals surface area contributed by atoms with E-state index in [4.69, 9.17) is 4.74 Å².